The molecule has 1 fully saturated rings. The highest BCUT2D eigenvalue weighted by Gasteiger charge is 2.38. The first-order chi connectivity index (χ1) is 26.5. The van der Waals surface area contributed by atoms with E-state index in [1.165, 1.54) is 17.0 Å². The van der Waals surface area contributed by atoms with Crippen LogP contribution < -0.4 is 27.4 Å². The first-order valence-corrected chi connectivity index (χ1v) is 19.2. The van der Waals surface area contributed by atoms with E-state index in [-0.39, 0.29) is 30.9 Å². The summed E-state index contributed by atoms with van der Waals surface area (Å²) in [6, 6.07) is 18.4. The Labute approximate surface area is 321 Å². The number of nitrogens with two attached hydrogens (primary N) is 2. The molecule has 55 heavy (non-hydrogen) atoms. The van der Waals surface area contributed by atoms with Gasteiger partial charge in [-0.3, -0.25) is 24.0 Å². The third kappa shape index (κ3) is 11.2. The van der Waals surface area contributed by atoms with E-state index in [9.17, 15) is 29.1 Å². The van der Waals surface area contributed by atoms with Gasteiger partial charge in [0.15, 0.2) is 0 Å². The van der Waals surface area contributed by atoms with Gasteiger partial charge in [0.2, 0.25) is 29.5 Å². The molecule has 13 heteroatoms. The van der Waals surface area contributed by atoms with Gasteiger partial charge in [-0.15, -0.1) is 0 Å². The number of fused-ring (bicyclic) bond motifs is 1. The summed E-state index contributed by atoms with van der Waals surface area (Å²) in [5.41, 5.74) is 15.3. The van der Waals surface area contributed by atoms with Gasteiger partial charge < -0.3 is 42.4 Å². The lowest BCUT2D eigenvalue weighted by atomic mass is 10.0. The number of benzene rings is 3. The van der Waals surface area contributed by atoms with Crippen LogP contribution in [0.1, 0.15) is 68.6 Å². The molecular formula is C42H53N7O6. The van der Waals surface area contributed by atoms with Crippen molar-refractivity contribution in [3.63, 3.8) is 0 Å². The van der Waals surface area contributed by atoms with Crippen molar-refractivity contribution in [1.82, 2.24) is 25.8 Å². The molecule has 1 aliphatic heterocycles. The zero-order valence-electron chi connectivity index (χ0n) is 31.3. The number of aromatic nitrogens is 1. The van der Waals surface area contributed by atoms with Crippen molar-refractivity contribution in [2.45, 2.75) is 101 Å². The maximum absolute atomic E-state index is 14.2. The van der Waals surface area contributed by atoms with E-state index in [0.29, 0.717) is 32.2 Å². The van der Waals surface area contributed by atoms with Crippen LogP contribution in [0.4, 0.5) is 0 Å². The molecule has 4 aromatic rings. The largest absolute Gasteiger partial charge is 0.508 e. The number of nitrogens with zero attached hydrogens (tertiary/aromatic N) is 1. The number of hydrogen-bond acceptors (Lipinski definition) is 7. The Balaban J connectivity index is 1.33. The van der Waals surface area contributed by atoms with Crippen molar-refractivity contribution in [1.29, 1.82) is 0 Å². The monoisotopic (exact) mass is 751 g/mol. The Morgan fingerprint density at radius 2 is 1.47 bits per heavy atom. The molecule has 1 aliphatic rings. The number of likely N-dealkylation sites (tertiary alicyclic amines) is 1. The number of hydrogen-bond donors (Lipinski definition) is 7. The van der Waals surface area contributed by atoms with Crippen molar-refractivity contribution < 1.29 is 29.1 Å². The molecule has 0 bridgehead atoms. The molecule has 0 spiro atoms. The average Bonchev–Trinajstić information content (AvgIpc) is 3.84. The molecule has 0 saturated carbocycles. The van der Waals surface area contributed by atoms with Crippen molar-refractivity contribution in [2.24, 2.45) is 11.5 Å². The molecule has 5 unspecified atom stereocenters. The predicted molar refractivity (Wildman–Crippen MR) is 210 cm³/mol. The van der Waals surface area contributed by atoms with Crippen molar-refractivity contribution in [2.75, 3.05) is 6.54 Å². The molecule has 1 aromatic heterocycles. The molecule has 0 aliphatic carbocycles. The third-order valence-corrected chi connectivity index (χ3v) is 10.2. The van der Waals surface area contributed by atoms with Crippen LogP contribution in [0.15, 0.2) is 85.1 Å². The fourth-order valence-corrected chi connectivity index (χ4v) is 7.15. The third-order valence-electron chi connectivity index (χ3n) is 10.2. The van der Waals surface area contributed by atoms with Gasteiger partial charge in [-0.25, -0.2) is 0 Å². The lowest BCUT2D eigenvalue weighted by molar-refractivity contribution is -0.140. The normalized spacial score (nSPS) is 16.2. The quantitative estimate of drug-likeness (QED) is 0.0711. The number of para-hydroxylation sites is 1. The fraction of sp³-hybridized carbons (Fsp3) is 0.405. The number of carbonyl (C=O) groups excluding carboxylic acids is 5. The van der Waals surface area contributed by atoms with E-state index in [1.807, 2.05) is 54.6 Å². The second-order valence-corrected chi connectivity index (χ2v) is 14.4. The van der Waals surface area contributed by atoms with Crippen LogP contribution in [-0.2, 0) is 43.2 Å². The van der Waals surface area contributed by atoms with Gasteiger partial charge in [0.1, 0.15) is 29.9 Å². The molecular weight excluding hydrogens is 699 g/mol. The van der Waals surface area contributed by atoms with E-state index >= 15 is 0 Å². The number of phenolic OH excluding ortho intramolecular Hbond substituents is 1. The molecule has 1 saturated heterocycles. The summed E-state index contributed by atoms with van der Waals surface area (Å²) < 4.78 is 0. The van der Waals surface area contributed by atoms with Gasteiger partial charge in [-0.05, 0) is 60.6 Å². The van der Waals surface area contributed by atoms with Crippen LogP contribution in [0.2, 0.25) is 0 Å². The highest BCUT2D eigenvalue weighted by Crippen LogP contribution is 2.22. The summed E-state index contributed by atoms with van der Waals surface area (Å²) >= 11 is 0. The highest BCUT2D eigenvalue weighted by atomic mass is 16.3. The summed E-state index contributed by atoms with van der Waals surface area (Å²) in [5.74, 6) is -2.59. The summed E-state index contributed by atoms with van der Waals surface area (Å²) in [7, 11) is 0. The predicted octanol–water partition coefficient (Wildman–Crippen LogP) is 3.13. The van der Waals surface area contributed by atoms with Crippen molar-refractivity contribution in [3.8, 4) is 5.75 Å². The Hall–Kier alpha value is -5.69. The molecule has 5 rings (SSSR count). The highest BCUT2D eigenvalue weighted by molar-refractivity contribution is 5.96. The maximum atomic E-state index is 14.2. The second-order valence-electron chi connectivity index (χ2n) is 14.4. The van der Waals surface area contributed by atoms with Gasteiger partial charge in [-0.1, -0.05) is 93.3 Å². The Kier molecular flexibility index (Phi) is 14.4. The number of H-pyrrole nitrogens is 1. The standard InChI is InChI=1S/C42H53N7O6/c1-2-3-4-8-16-34(46-41(54)37-17-11-22-49(37)42(55)32(43)23-28-18-20-30(50)21-19-28)39(52)48-36(25-29-26-45-33-15-10-9-14-31(29)33)40(53)47-35(38(44)51)24-27-12-6-5-7-13-27/h5-7,9-10,12-15,18-21,26,32,34-37,45,50H,2-4,8,11,16-17,22-25,43H2,1H3,(H2,44,51)(H,46,54)(H,47,53)(H,48,52). The van der Waals surface area contributed by atoms with E-state index in [1.54, 1.807) is 18.3 Å². The molecule has 2 heterocycles. The Morgan fingerprint density at radius 1 is 0.800 bits per heavy atom. The maximum Gasteiger partial charge on any atom is 0.243 e. The minimum atomic E-state index is -1.12. The van der Waals surface area contributed by atoms with Crippen molar-refractivity contribution >= 4 is 40.4 Å². The number of aromatic hydroxyl groups is 1. The lowest BCUT2D eigenvalue weighted by Gasteiger charge is -2.29. The topological polar surface area (TPSA) is 213 Å². The van der Waals surface area contributed by atoms with Gasteiger partial charge in [-0.2, -0.15) is 0 Å². The second kappa shape index (κ2) is 19.6. The van der Waals surface area contributed by atoms with E-state index in [0.717, 1.165) is 46.9 Å². The minimum Gasteiger partial charge on any atom is -0.508 e. The summed E-state index contributed by atoms with van der Waals surface area (Å²) in [4.78, 5) is 72.9. The summed E-state index contributed by atoms with van der Waals surface area (Å²) in [6.45, 7) is 2.43. The van der Waals surface area contributed by atoms with Gasteiger partial charge >= 0.3 is 0 Å². The Morgan fingerprint density at radius 3 is 2.20 bits per heavy atom. The van der Waals surface area contributed by atoms with E-state index in [2.05, 4.69) is 27.9 Å². The van der Waals surface area contributed by atoms with E-state index in [4.69, 9.17) is 11.5 Å². The number of primary amides is 1. The number of rotatable bonds is 19. The van der Waals surface area contributed by atoms with Crippen LogP contribution in [0.3, 0.4) is 0 Å². The number of amides is 5. The molecule has 292 valence electrons. The first kappa shape index (κ1) is 40.5. The molecule has 5 amide bonds. The molecule has 13 nitrogen and oxygen atoms in total. The number of carbonyl (C=O) groups is 5. The lowest BCUT2D eigenvalue weighted by Crippen LogP contribution is -2.59. The van der Waals surface area contributed by atoms with Crippen molar-refractivity contribution in [3.05, 3.63) is 102 Å². The fourth-order valence-electron chi connectivity index (χ4n) is 7.15. The van der Waals surface area contributed by atoms with Crippen LogP contribution in [-0.4, -0.2) is 81.3 Å². The van der Waals surface area contributed by atoms with E-state index < -0.39 is 53.8 Å². The average molecular weight is 752 g/mol. The van der Waals surface area contributed by atoms with Crippen LogP contribution in [0, 0.1) is 0 Å². The number of nitrogens with one attached hydrogen (secondary N) is 4. The number of aromatic amines is 1. The van der Waals surface area contributed by atoms with Gasteiger partial charge in [0.05, 0.1) is 6.04 Å². The molecule has 3 aromatic carbocycles. The van der Waals surface area contributed by atoms with Gasteiger partial charge in [0.25, 0.3) is 0 Å². The smallest absolute Gasteiger partial charge is 0.243 e. The Bertz CT molecular complexity index is 1910. The zero-order valence-corrected chi connectivity index (χ0v) is 31.3. The summed E-state index contributed by atoms with van der Waals surface area (Å²) in [6.07, 6.45) is 7.03. The number of unbranched alkanes of at least 4 members (excludes halogenated alkanes) is 3. The molecule has 9 N–H and O–H groups in total. The minimum absolute atomic E-state index is 0.0960. The first-order valence-electron chi connectivity index (χ1n) is 19.2. The number of phenols is 1. The SMILES string of the molecule is CCCCCCC(NC(=O)C1CCCN1C(=O)C(N)Cc1ccc(O)cc1)C(=O)NC(Cc1c[nH]c2ccccc12)C(=O)NC(Cc1ccccc1)C(N)=O. The molecule has 5 atom stereocenters. The van der Waals surface area contributed by atoms with Crippen LogP contribution >= 0.6 is 0 Å². The van der Waals surface area contributed by atoms with Crippen LogP contribution in [0.25, 0.3) is 10.9 Å². The molecule has 0 radical (unpaired) electrons. The summed E-state index contributed by atoms with van der Waals surface area (Å²) in [5, 5.41) is 19.1. The van der Waals surface area contributed by atoms with Gasteiger partial charge in [0, 0.05) is 36.5 Å². The van der Waals surface area contributed by atoms with Crippen LogP contribution in [0.5, 0.6) is 5.75 Å². The zero-order chi connectivity index (χ0) is 39.3.